The molecule has 0 aliphatic heterocycles. The zero-order valence-corrected chi connectivity index (χ0v) is 18.4. The van der Waals surface area contributed by atoms with Gasteiger partial charge in [-0.1, -0.05) is 73.5 Å². The number of thioether (sulfide) groups is 1. The van der Waals surface area contributed by atoms with Crippen LogP contribution in [0.3, 0.4) is 0 Å². The van der Waals surface area contributed by atoms with Crippen molar-refractivity contribution < 1.29 is 4.79 Å². The lowest BCUT2D eigenvalue weighted by Gasteiger charge is -2.29. The molecule has 4 rings (SSSR count). The van der Waals surface area contributed by atoms with Gasteiger partial charge in [-0.15, -0.1) is 10.2 Å². The number of hydrogen-bond acceptors (Lipinski definition) is 4. The van der Waals surface area contributed by atoms with Crippen LogP contribution in [0.2, 0.25) is 0 Å². The van der Waals surface area contributed by atoms with Crippen LogP contribution in [-0.4, -0.2) is 32.5 Å². The number of carbonyl (C=O) groups is 1. The molecule has 1 amide bonds. The van der Waals surface area contributed by atoms with Crippen molar-refractivity contribution in [2.45, 2.75) is 50.7 Å². The number of para-hydroxylation sites is 1. The van der Waals surface area contributed by atoms with Gasteiger partial charge in [0, 0.05) is 17.3 Å². The molecule has 0 spiro atoms. The molecule has 1 heterocycles. The van der Waals surface area contributed by atoms with E-state index < -0.39 is 0 Å². The Labute approximate surface area is 182 Å². The van der Waals surface area contributed by atoms with E-state index in [-0.39, 0.29) is 5.91 Å². The van der Waals surface area contributed by atoms with Gasteiger partial charge in [0.1, 0.15) is 0 Å². The van der Waals surface area contributed by atoms with Crippen LogP contribution in [0.5, 0.6) is 0 Å². The smallest absolute Gasteiger partial charge is 0.230 e. The fraction of sp³-hybridized carbons (Fsp3) is 0.375. The number of benzene rings is 2. The molecular weight excluding hydrogens is 392 g/mol. The summed E-state index contributed by atoms with van der Waals surface area (Å²) >= 11 is 1.44. The average molecular weight is 421 g/mol. The van der Waals surface area contributed by atoms with Crippen molar-refractivity contribution in [3.05, 3.63) is 60.2 Å². The van der Waals surface area contributed by atoms with Gasteiger partial charge < -0.3 is 5.32 Å². The first-order chi connectivity index (χ1) is 14.6. The van der Waals surface area contributed by atoms with Gasteiger partial charge >= 0.3 is 0 Å². The van der Waals surface area contributed by atoms with E-state index in [1.54, 1.807) is 0 Å². The fourth-order valence-corrected chi connectivity index (χ4v) is 4.82. The molecule has 1 N–H and O–H groups in total. The first-order valence-corrected chi connectivity index (χ1v) is 11.6. The first kappa shape index (κ1) is 20.7. The number of carbonyl (C=O) groups excluding carboxylic acids is 1. The molecule has 1 saturated carbocycles. The van der Waals surface area contributed by atoms with Crippen molar-refractivity contribution in [1.29, 1.82) is 0 Å². The van der Waals surface area contributed by atoms with Crippen molar-refractivity contribution in [3.63, 3.8) is 0 Å². The van der Waals surface area contributed by atoms with Crippen LogP contribution in [0.15, 0.2) is 59.8 Å². The molecule has 0 radical (unpaired) electrons. The summed E-state index contributed by atoms with van der Waals surface area (Å²) in [6, 6.07) is 18.6. The first-order valence-electron chi connectivity index (χ1n) is 10.6. The van der Waals surface area contributed by atoms with E-state index in [1.165, 1.54) is 36.6 Å². The lowest BCUT2D eigenvalue weighted by Crippen LogP contribution is -2.41. The van der Waals surface area contributed by atoms with Crippen LogP contribution in [0.1, 0.15) is 38.2 Å². The fourth-order valence-electron chi connectivity index (χ4n) is 4.05. The maximum absolute atomic E-state index is 12.6. The number of aryl methyl sites for hydroxylation is 1. The van der Waals surface area contributed by atoms with E-state index in [9.17, 15) is 4.79 Å². The van der Waals surface area contributed by atoms with Crippen LogP contribution < -0.4 is 5.32 Å². The number of rotatable bonds is 6. The quantitative estimate of drug-likeness (QED) is 0.568. The van der Waals surface area contributed by atoms with Crippen LogP contribution in [-0.2, 0) is 4.79 Å². The summed E-state index contributed by atoms with van der Waals surface area (Å²) in [4.78, 5) is 12.6. The van der Waals surface area contributed by atoms with Crippen molar-refractivity contribution in [2.24, 2.45) is 5.92 Å². The number of hydrogen-bond donors (Lipinski definition) is 1. The van der Waals surface area contributed by atoms with Crippen LogP contribution in [0, 0.1) is 12.8 Å². The van der Waals surface area contributed by atoms with Crippen LogP contribution in [0.25, 0.3) is 17.1 Å². The molecule has 2 aromatic carbocycles. The molecule has 0 bridgehead atoms. The molecule has 6 heteroatoms. The van der Waals surface area contributed by atoms with Gasteiger partial charge in [-0.2, -0.15) is 0 Å². The van der Waals surface area contributed by atoms with Crippen molar-refractivity contribution in [3.8, 4) is 17.1 Å². The van der Waals surface area contributed by atoms with E-state index in [0.29, 0.717) is 17.7 Å². The standard InChI is InChI=1S/C24H28N4OS/c1-17-9-8-11-19(15-17)23-26-27-24(28(23)20-12-4-3-5-13-20)30-16-22(29)25-21-14-7-6-10-18(21)2/h3-5,8-9,11-13,15,18,21H,6-7,10,14,16H2,1-2H3,(H,25,29)/t18-,21+/m0/s1. The van der Waals surface area contributed by atoms with Gasteiger partial charge in [-0.3, -0.25) is 9.36 Å². The summed E-state index contributed by atoms with van der Waals surface area (Å²) in [7, 11) is 0. The van der Waals surface area contributed by atoms with Crippen LogP contribution in [0.4, 0.5) is 0 Å². The lowest BCUT2D eigenvalue weighted by atomic mass is 9.86. The maximum atomic E-state index is 12.6. The molecule has 1 aliphatic carbocycles. The van der Waals surface area contributed by atoms with Crippen molar-refractivity contribution in [1.82, 2.24) is 20.1 Å². The Morgan fingerprint density at radius 1 is 1.10 bits per heavy atom. The second kappa shape index (κ2) is 9.47. The molecule has 3 aromatic rings. The Hall–Kier alpha value is -2.60. The molecule has 1 fully saturated rings. The third-order valence-electron chi connectivity index (χ3n) is 5.71. The zero-order chi connectivity index (χ0) is 20.9. The minimum atomic E-state index is 0.0680. The van der Waals surface area contributed by atoms with E-state index in [0.717, 1.165) is 28.7 Å². The van der Waals surface area contributed by atoms with Gasteiger partial charge in [0.05, 0.1) is 5.75 Å². The zero-order valence-electron chi connectivity index (χ0n) is 17.5. The Bertz CT molecular complexity index is 1000. The molecule has 156 valence electrons. The van der Waals surface area contributed by atoms with E-state index in [2.05, 4.69) is 41.5 Å². The molecule has 1 aliphatic rings. The highest BCUT2D eigenvalue weighted by molar-refractivity contribution is 7.99. The molecular formula is C24H28N4OS. The number of nitrogens with zero attached hydrogens (tertiary/aromatic N) is 3. The molecule has 2 atom stereocenters. The summed E-state index contributed by atoms with van der Waals surface area (Å²) in [6.07, 6.45) is 4.74. The summed E-state index contributed by atoms with van der Waals surface area (Å²) in [5, 5.41) is 12.9. The van der Waals surface area contributed by atoms with E-state index >= 15 is 0 Å². The van der Waals surface area contributed by atoms with Gasteiger partial charge in [0.2, 0.25) is 5.91 Å². The predicted octanol–water partition coefficient (Wildman–Crippen LogP) is 5.03. The molecule has 30 heavy (non-hydrogen) atoms. The topological polar surface area (TPSA) is 59.8 Å². The number of aromatic nitrogens is 3. The summed E-state index contributed by atoms with van der Waals surface area (Å²) in [5.74, 6) is 1.74. The summed E-state index contributed by atoms with van der Waals surface area (Å²) < 4.78 is 2.04. The summed E-state index contributed by atoms with van der Waals surface area (Å²) in [5.41, 5.74) is 3.17. The molecule has 0 saturated heterocycles. The number of nitrogens with one attached hydrogen (secondary N) is 1. The monoisotopic (exact) mass is 420 g/mol. The van der Waals surface area contributed by atoms with Gasteiger partial charge in [-0.25, -0.2) is 0 Å². The molecule has 0 unspecified atom stereocenters. The Morgan fingerprint density at radius 3 is 2.67 bits per heavy atom. The van der Waals surface area contributed by atoms with E-state index in [1.807, 2.05) is 47.0 Å². The highest BCUT2D eigenvalue weighted by Gasteiger charge is 2.23. The molecule has 1 aromatic heterocycles. The highest BCUT2D eigenvalue weighted by atomic mass is 32.2. The number of amides is 1. The minimum Gasteiger partial charge on any atom is -0.352 e. The SMILES string of the molecule is Cc1cccc(-c2nnc(SCC(=O)N[C@@H]3CCCC[C@@H]3C)n2-c2ccccc2)c1. The van der Waals surface area contributed by atoms with Crippen LogP contribution >= 0.6 is 11.8 Å². The summed E-state index contributed by atoms with van der Waals surface area (Å²) in [6.45, 7) is 4.30. The van der Waals surface area contributed by atoms with Crippen molar-refractivity contribution in [2.75, 3.05) is 5.75 Å². The third kappa shape index (κ3) is 4.75. The largest absolute Gasteiger partial charge is 0.352 e. The normalized spacial score (nSPS) is 18.9. The second-order valence-electron chi connectivity index (χ2n) is 8.07. The van der Waals surface area contributed by atoms with Gasteiger partial charge in [0.15, 0.2) is 11.0 Å². The molecule has 5 nitrogen and oxygen atoms in total. The van der Waals surface area contributed by atoms with Gasteiger partial charge in [0.25, 0.3) is 0 Å². The average Bonchev–Trinajstić information content (AvgIpc) is 3.18. The third-order valence-corrected chi connectivity index (χ3v) is 6.64. The lowest BCUT2D eigenvalue weighted by molar-refractivity contribution is -0.119. The van der Waals surface area contributed by atoms with Crippen molar-refractivity contribution >= 4 is 17.7 Å². The highest BCUT2D eigenvalue weighted by Crippen LogP contribution is 2.29. The van der Waals surface area contributed by atoms with E-state index in [4.69, 9.17) is 0 Å². The maximum Gasteiger partial charge on any atom is 0.230 e. The van der Waals surface area contributed by atoms with Gasteiger partial charge in [-0.05, 0) is 43.9 Å². The Morgan fingerprint density at radius 2 is 1.90 bits per heavy atom. The second-order valence-corrected chi connectivity index (χ2v) is 9.01. The minimum absolute atomic E-state index is 0.0680. The Balaban J connectivity index is 1.55. The predicted molar refractivity (Wildman–Crippen MR) is 122 cm³/mol. The Kier molecular flexibility index (Phi) is 6.53.